The van der Waals surface area contributed by atoms with Crippen LogP contribution in [0.2, 0.25) is 0 Å². The highest BCUT2D eigenvalue weighted by Gasteiger charge is 2.16. The summed E-state index contributed by atoms with van der Waals surface area (Å²) in [4.78, 5) is 17.8. The first-order chi connectivity index (χ1) is 10.6. The van der Waals surface area contributed by atoms with Crippen LogP contribution < -0.4 is 0 Å². The summed E-state index contributed by atoms with van der Waals surface area (Å²) in [6, 6.07) is 11.4. The van der Waals surface area contributed by atoms with Gasteiger partial charge in [-0.3, -0.25) is 9.78 Å². The first kappa shape index (κ1) is 18.5. The molecule has 0 bridgehead atoms. The maximum atomic E-state index is 12.8. The number of aryl methyl sites for hydroxylation is 1. The highest BCUT2D eigenvalue weighted by atomic mass is 32.2. The third-order valence-corrected chi connectivity index (χ3v) is 3.98. The van der Waals surface area contributed by atoms with Gasteiger partial charge in [-0.05, 0) is 49.0 Å². The molecule has 0 amide bonds. The molecule has 0 aliphatic rings. The van der Waals surface area contributed by atoms with Gasteiger partial charge in [0.2, 0.25) is 0 Å². The number of hydrogen-bond acceptors (Lipinski definition) is 4. The van der Waals surface area contributed by atoms with E-state index in [9.17, 15) is 4.79 Å². The van der Waals surface area contributed by atoms with Crippen LogP contribution in [-0.4, -0.2) is 23.3 Å². The monoisotopic (exact) mass is 331 g/mol. The Bertz CT molecular complexity index is 634. The molecule has 0 aliphatic carbocycles. The van der Waals surface area contributed by atoms with E-state index in [2.05, 4.69) is 17.6 Å². The van der Waals surface area contributed by atoms with Crippen molar-refractivity contribution in [1.29, 1.82) is 0 Å². The predicted molar refractivity (Wildman–Crippen MR) is 101 cm³/mol. The number of thiol groups is 1. The average molecular weight is 332 g/mol. The van der Waals surface area contributed by atoms with Crippen molar-refractivity contribution in [3.63, 3.8) is 0 Å². The van der Waals surface area contributed by atoms with Gasteiger partial charge < -0.3 is 0 Å². The summed E-state index contributed by atoms with van der Waals surface area (Å²) in [6.07, 6.45) is 7.11. The largest absolute Gasteiger partial charge is 0.289 e. The van der Waals surface area contributed by atoms with E-state index >= 15 is 0 Å². The number of benzene rings is 1. The predicted octanol–water partition coefficient (Wildman–Crippen LogP) is 4.91. The molecule has 0 saturated carbocycles. The van der Waals surface area contributed by atoms with Gasteiger partial charge >= 0.3 is 0 Å². The molecule has 0 spiro atoms. The van der Waals surface area contributed by atoms with E-state index in [1.807, 2.05) is 56.5 Å². The van der Waals surface area contributed by atoms with Crippen LogP contribution in [0.15, 0.2) is 53.7 Å². The second-order valence-corrected chi connectivity index (χ2v) is 5.59. The van der Waals surface area contributed by atoms with Crippen molar-refractivity contribution in [3.8, 4) is 0 Å². The molecule has 116 valence electrons. The van der Waals surface area contributed by atoms with E-state index in [1.165, 1.54) is 0 Å². The Morgan fingerprint density at radius 2 is 1.55 bits per heavy atom. The van der Waals surface area contributed by atoms with Crippen LogP contribution in [0.1, 0.15) is 28.4 Å². The Balaban J connectivity index is 0.00000116. The standard InChI is InChI=1S/C17H17NOS.CH4S/c1-12-4-6-15(7-5-12)17(19)16(13(2)20-3)14-8-10-18-11-9-14;1-2/h4-11H,1-3H3;2H,1H3/b16-13+;. The molecule has 0 N–H and O–H groups in total. The molecular weight excluding hydrogens is 310 g/mol. The van der Waals surface area contributed by atoms with Gasteiger partial charge in [-0.1, -0.05) is 29.8 Å². The third-order valence-electron chi connectivity index (χ3n) is 3.17. The number of nitrogens with zero attached hydrogens (tertiary/aromatic N) is 1. The first-order valence-electron chi connectivity index (χ1n) is 6.85. The Morgan fingerprint density at radius 1 is 1.00 bits per heavy atom. The SMILES string of the molecule is CS.CS/C(C)=C(/C(=O)c1ccc(C)cc1)c1ccncc1. The number of allylic oxidation sites excluding steroid dienone is 2. The van der Waals surface area contributed by atoms with Gasteiger partial charge in [0.15, 0.2) is 5.78 Å². The van der Waals surface area contributed by atoms with Gasteiger partial charge in [-0.2, -0.15) is 12.6 Å². The fraction of sp³-hybridized carbons (Fsp3) is 0.222. The van der Waals surface area contributed by atoms with Gasteiger partial charge in [0.25, 0.3) is 0 Å². The van der Waals surface area contributed by atoms with Crippen LogP contribution in [0.3, 0.4) is 0 Å². The molecule has 0 radical (unpaired) electrons. The number of pyridine rings is 1. The van der Waals surface area contributed by atoms with E-state index in [0.717, 1.165) is 27.2 Å². The minimum Gasteiger partial charge on any atom is -0.289 e. The number of ketones is 1. The van der Waals surface area contributed by atoms with Crippen LogP contribution in [0, 0.1) is 6.92 Å². The van der Waals surface area contributed by atoms with Crippen molar-refractivity contribution < 1.29 is 4.79 Å². The molecule has 2 aromatic rings. The summed E-state index contributed by atoms with van der Waals surface area (Å²) in [7, 11) is 0. The van der Waals surface area contributed by atoms with Crippen LogP contribution >= 0.6 is 24.4 Å². The van der Waals surface area contributed by atoms with E-state index in [0.29, 0.717) is 0 Å². The fourth-order valence-electron chi connectivity index (χ4n) is 1.96. The Hall–Kier alpha value is -1.52. The normalized spacial score (nSPS) is 11.1. The number of aromatic nitrogens is 1. The molecule has 1 aromatic carbocycles. The Kier molecular flexibility index (Phi) is 7.99. The fourth-order valence-corrected chi connectivity index (χ4v) is 2.38. The first-order valence-corrected chi connectivity index (χ1v) is 8.96. The van der Waals surface area contributed by atoms with Gasteiger partial charge in [0.05, 0.1) is 0 Å². The molecule has 22 heavy (non-hydrogen) atoms. The van der Waals surface area contributed by atoms with Gasteiger partial charge in [0.1, 0.15) is 0 Å². The molecule has 1 aromatic heterocycles. The summed E-state index contributed by atoms with van der Waals surface area (Å²) in [5.74, 6) is 0.0584. The second-order valence-electron chi connectivity index (χ2n) is 4.57. The van der Waals surface area contributed by atoms with Gasteiger partial charge in [0, 0.05) is 23.5 Å². The summed E-state index contributed by atoms with van der Waals surface area (Å²) in [5, 5.41) is 0. The van der Waals surface area contributed by atoms with E-state index in [4.69, 9.17) is 0 Å². The molecule has 2 nitrogen and oxygen atoms in total. The molecule has 0 fully saturated rings. The van der Waals surface area contributed by atoms with Crippen LogP contribution in [-0.2, 0) is 0 Å². The van der Waals surface area contributed by atoms with Gasteiger partial charge in [-0.25, -0.2) is 0 Å². The zero-order valence-electron chi connectivity index (χ0n) is 13.3. The van der Waals surface area contributed by atoms with Crippen LogP contribution in [0.25, 0.3) is 5.57 Å². The lowest BCUT2D eigenvalue weighted by Gasteiger charge is -2.10. The maximum absolute atomic E-state index is 12.8. The van der Waals surface area contributed by atoms with E-state index < -0.39 is 0 Å². The second kappa shape index (κ2) is 9.49. The average Bonchev–Trinajstić information content (AvgIpc) is 2.58. The van der Waals surface area contributed by atoms with Crippen molar-refractivity contribution in [3.05, 3.63) is 70.4 Å². The number of hydrogen-bond donors (Lipinski definition) is 1. The molecule has 0 aliphatic heterocycles. The Labute approximate surface area is 142 Å². The summed E-state index contributed by atoms with van der Waals surface area (Å²) in [6.45, 7) is 3.99. The van der Waals surface area contributed by atoms with Crippen molar-refractivity contribution in [2.45, 2.75) is 13.8 Å². The van der Waals surface area contributed by atoms with Crippen molar-refractivity contribution in [2.24, 2.45) is 0 Å². The molecule has 1 heterocycles. The third kappa shape index (κ3) is 4.75. The lowest BCUT2D eigenvalue weighted by molar-refractivity contribution is 0.105. The molecule has 0 atom stereocenters. The zero-order chi connectivity index (χ0) is 16.5. The molecule has 4 heteroatoms. The highest BCUT2D eigenvalue weighted by molar-refractivity contribution is 8.02. The van der Waals surface area contributed by atoms with E-state index in [-0.39, 0.29) is 5.78 Å². The van der Waals surface area contributed by atoms with Crippen molar-refractivity contribution >= 4 is 35.7 Å². The number of carbonyl (C=O) groups excluding carboxylic acids is 1. The number of thioether (sulfide) groups is 1. The molecule has 0 unspecified atom stereocenters. The summed E-state index contributed by atoms with van der Waals surface area (Å²) < 4.78 is 0. The minimum atomic E-state index is 0.0584. The van der Waals surface area contributed by atoms with Crippen molar-refractivity contribution in [2.75, 3.05) is 12.5 Å². The zero-order valence-corrected chi connectivity index (χ0v) is 15.0. The van der Waals surface area contributed by atoms with Crippen LogP contribution in [0.4, 0.5) is 0 Å². The summed E-state index contributed by atoms with van der Waals surface area (Å²) in [5.41, 5.74) is 3.54. The van der Waals surface area contributed by atoms with Crippen LogP contribution in [0.5, 0.6) is 0 Å². The number of carbonyl (C=O) groups is 1. The quantitative estimate of drug-likeness (QED) is 0.490. The smallest absolute Gasteiger partial charge is 0.194 e. The highest BCUT2D eigenvalue weighted by Crippen LogP contribution is 2.28. The number of Topliss-reactive ketones (excluding diaryl/α,β-unsaturated/α-hetero) is 1. The molecule has 2 rings (SSSR count). The van der Waals surface area contributed by atoms with E-state index in [1.54, 1.807) is 30.4 Å². The minimum absolute atomic E-state index is 0.0584. The maximum Gasteiger partial charge on any atom is 0.194 e. The van der Waals surface area contributed by atoms with Crippen molar-refractivity contribution in [1.82, 2.24) is 4.98 Å². The molecule has 0 saturated heterocycles. The summed E-state index contributed by atoms with van der Waals surface area (Å²) >= 11 is 5.12. The topological polar surface area (TPSA) is 30.0 Å². The molecular formula is C18H21NOS2. The Morgan fingerprint density at radius 3 is 2.05 bits per heavy atom. The lowest BCUT2D eigenvalue weighted by Crippen LogP contribution is -2.04. The number of rotatable bonds is 4. The lowest BCUT2D eigenvalue weighted by atomic mass is 9.97. The van der Waals surface area contributed by atoms with Gasteiger partial charge in [-0.15, -0.1) is 11.8 Å².